The Bertz CT molecular complexity index is 538. The van der Waals surface area contributed by atoms with Crippen LogP contribution in [0.3, 0.4) is 0 Å². The van der Waals surface area contributed by atoms with Crippen molar-refractivity contribution in [2.24, 2.45) is 0 Å². The molecular weight excluding hydrogens is 276 g/mol. The van der Waals surface area contributed by atoms with Crippen molar-refractivity contribution in [1.82, 2.24) is 9.80 Å². The number of carbonyl (C=O) groups excluding carboxylic acids is 1. The summed E-state index contributed by atoms with van der Waals surface area (Å²) in [6, 6.07) is 3.99. The Kier molecular flexibility index (Phi) is 4.64. The smallest absolute Gasteiger partial charge is 0.304 e. The van der Waals surface area contributed by atoms with E-state index < -0.39 is 5.97 Å². The van der Waals surface area contributed by atoms with Crippen molar-refractivity contribution < 1.29 is 24.9 Å². The molecule has 0 saturated carbocycles. The number of phenolic OH excluding ortho intramolecular Hbond substituents is 2. The highest BCUT2D eigenvalue weighted by atomic mass is 16.4. The second-order valence-corrected chi connectivity index (χ2v) is 4.98. The fraction of sp³-hybridized carbons (Fsp3) is 0.429. The first-order chi connectivity index (χ1) is 9.97. The van der Waals surface area contributed by atoms with Crippen molar-refractivity contribution in [3.8, 4) is 11.5 Å². The Balaban J connectivity index is 1.90. The average molecular weight is 294 g/mol. The zero-order chi connectivity index (χ0) is 15.4. The molecule has 21 heavy (non-hydrogen) atoms. The summed E-state index contributed by atoms with van der Waals surface area (Å²) in [6.07, 6.45) is 0.0970. The van der Waals surface area contributed by atoms with E-state index in [1.54, 1.807) is 4.90 Å². The van der Waals surface area contributed by atoms with Gasteiger partial charge in [-0.25, -0.2) is 0 Å². The third-order valence-electron chi connectivity index (χ3n) is 3.52. The van der Waals surface area contributed by atoms with Gasteiger partial charge < -0.3 is 20.2 Å². The van der Waals surface area contributed by atoms with Gasteiger partial charge in [-0.2, -0.15) is 0 Å². The standard InChI is InChI=1S/C14H18N2O5/c17-11-2-1-10(9-12(11)18)14(21)16-7-5-15(6-8-16)4-3-13(19)20/h1-2,9,17-18H,3-8H2,(H,19,20). The maximum absolute atomic E-state index is 12.3. The molecule has 1 aliphatic rings. The highest BCUT2D eigenvalue weighted by Crippen LogP contribution is 2.25. The fourth-order valence-electron chi connectivity index (χ4n) is 2.27. The van der Waals surface area contributed by atoms with Crippen LogP contribution in [0, 0.1) is 0 Å². The summed E-state index contributed by atoms with van der Waals surface area (Å²) in [4.78, 5) is 26.4. The zero-order valence-electron chi connectivity index (χ0n) is 11.5. The van der Waals surface area contributed by atoms with Gasteiger partial charge in [0.25, 0.3) is 5.91 Å². The van der Waals surface area contributed by atoms with E-state index in [2.05, 4.69) is 0 Å². The number of carboxylic acids is 1. The molecule has 0 unspecified atom stereocenters. The van der Waals surface area contributed by atoms with Crippen LogP contribution in [0.15, 0.2) is 18.2 Å². The van der Waals surface area contributed by atoms with Crippen molar-refractivity contribution in [3.63, 3.8) is 0 Å². The molecule has 7 heteroatoms. The average Bonchev–Trinajstić information content (AvgIpc) is 2.48. The second kappa shape index (κ2) is 6.45. The normalized spacial score (nSPS) is 15.9. The van der Waals surface area contributed by atoms with Gasteiger partial charge >= 0.3 is 5.97 Å². The van der Waals surface area contributed by atoms with Gasteiger partial charge in [0.05, 0.1) is 6.42 Å². The van der Waals surface area contributed by atoms with E-state index in [9.17, 15) is 19.8 Å². The van der Waals surface area contributed by atoms with E-state index in [-0.39, 0.29) is 23.8 Å². The minimum Gasteiger partial charge on any atom is -0.504 e. The fourth-order valence-corrected chi connectivity index (χ4v) is 2.27. The van der Waals surface area contributed by atoms with Gasteiger partial charge in [0.15, 0.2) is 11.5 Å². The van der Waals surface area contributed by atoms with Gasteiger partial charge in [-0.15, -0.1) is 0 Å². The van der Waals surface area contributed by atoms with Gasteiger partial charge in [0.2, 0.25) is 0 Å². The predicted molar refractivity (Wildman–Crippen MR) is 74.4 cm³/mol. The minimum absolute atomic E-state index is 0.0970. The second-order valence-electron chi connectivity index (χ2n) is 4.98. The van der Waals surface area contributed by atoms with E-state index in [4.69, 9.17) is 5.11 Å². The Hall–Kier alpha value is -2.28. The van der Waals surface area contributed by atoms with Crippen LogP contribution in [0.4, 0.5) is 0 Å². The molecule has 1 heterocycles. The molecule has 0 atom stereocenters. The molecule has 114 valence electrons. The van der Waals surface area contributed by atoms with E-state index in [1.165, 1.54) is 18.2 Å². The van der Waals surface area contributed by atoms with Crippen molar-refractivity contribution in [2.45, 2.75) is 6.42 Å². The summed E-state index contributed by atoms with van der Waals surface area (Å²) in [5, 5.41) is 27.3. The first-order valence-corrected chi connectivity index (χ1v) is 6.73. The number of aromatic hydroxyl groups is 2. The molecule has 0 spiro atoms. The van der Waals surface area contributed by atoms with Crippen molar-refractivity contribution >= 4 is 11.9 Å². The molecule has 7 nitrogen and oxygen atoms in total. The zero-order valence-corrected chi connectivity index (χ0v) is 11.5. The summed E-state index contributed by atoms with van der Waals surface area (Å²) in [7, 11) is 0. The van der Waals surface area contributed by atoms with Crippen molar-refractivity contribution in [1.29, 1.82) is 0 Å². The molecular formula is C14H18N2O5. The van der Waals surface area contributed by atoms with Gasteiger partial charge in [0, 0.05) is 38.3 Å². The van der Waals surface area contributed by atoms with Gasteiger partial charge in [0.1, 0.15) is 0 Å². The number of nitrogens with zero attached hydrogens (tertiary/aromatic N) is 2. The predicted octanol–water partition coefficient (Wildman–Crippen LogP) is 0.330. The summed E-state index contributed by atoms with van der Waals surface area (Å²) in [6.45, 7) is 2.77. The minimum atomic E-state index is -0.826. The van der Waals surface area contributed by atoms with Crippen LogP contribution in [-0.2, 0) is 4.79 Å². The molecule has 1 aromatic carbocycles. The quantitative estimate of drug-likeness (QED) is 0.692. The largest absolute Gasteiger partial charge is 0.504 e. The van der Waals surface area contributed by atoms with Crippen LogP contribution in [-0.4, -0.2) is 69.7 Å². The molecule has 3 N–H and O–H groups in total. The van der Waals surface area contributed by atoms with E-state index >= 15 is 0 Å². The number of phenols is 2. The van der Waals surface area contributed by atoms with Crippen molar-refractivity contribution in [3.05, 3.63) is 23.8 Å². The molecule has 1 amide bonds. The highest BCUT2D eigenvalue weighted by Gasteiger charge is 2.22. The maximum atomic E-state index is 12.3. The molecule has 1 saturated heterocycles. The molecule has 0 aromatic heterocycles. The lowest BCUT2D eigenvalue weighted by atomic mass is 10.1. The number of hydrogen-bond donors (Lipinski definition) is 3. The number of rotatable bonds is 4. The third kappa shape index (κ3) is 3.85. The lowest BCUT2D eigenvalue weighted by Gasteiger charge is -2.34. The van der Waals surface area contributed by atoms with E-state index in [0.29, 0.717) is 38.3 Å². The molecule has 1 aromatic rings. The molecule has 0 radical (unpaired) electrons. The summed E-state index contributed by atoms with van der Waals surface area (Å²) in [5.74, 6) is -1.61. The number of amides is 1. The summed E-state index contributed by atoms with van der Waals surface area (Å²) >= 11 is 0. The Labute approximate surface area is 122 Å². The topological polar surface area (TPSA) is 101 Å². The van der Waals surface area contributed by atoms with Gasteiger partial charge in [-0.05, 0) is 18.2 Å². The third-order valence-corrected chi connectivity index (χ3v) is 3.52. The number of hydrogen-bond acceptors (Lipinski definition) is 5. The van der Waals surface area contributed by atoms with Crippen LogP contribution in [0.1, 0.15) is 16.8 Å². The van der Waals surface area contributed by atoms with Gasteiger partial charge in [-0.3, -0.25) is 14.5 Å². The lowest BCUT2D eigenvalue weighted by molar-refractivity contribution is -0.137. The Morgan fingerprint density at radius 3 is 2.29 bits per heavy atom. The summed E-state index contributed by atoms with van der Waals surface area (Å²) in [5.41, 5.74) is 0.323. The lowest BCUT2D eigenvalue weighted by Crippen LogP contribution is -2.49. The number of aliphatic carboxylic acids is 1. The van der Waals surface area contributed by atoms with E-state index in [1.807, 2.05) is 4.90 Å². The van der Waals surface area contributed by atoms with Crippen molar-refractivity contribution in [2.75, 3.05) is 32.7 Å². The van der Waals surface area contributed by atoms with E-state index in [0.717, 1.165) is 0 Å². The van der Waals surface area contributed by atoms with Gasteiger partial charge in [-0.1, -0.05) is 0 Å². The number of piperazine rings is 1. The molecule has 1 fully saturated rings. The number of carbonyl (C=O) groups is 2. The van der Waals surface area contributed by atoms with Crippen LogP contribution in [0.2, 0.25) is 0 Å². The van der Waals surface area contributed by atoms with Crippen LogP contribution < -0.4 is 0 Å². The first kappa shape index (κ1) is 15.1. The van der Waals surface area contributed by atoms with Crippen LogP contribution in [0.5, 0.6) is 11.5 Å². The summed E-state index contributed by atoms with van der Waals surface area (Å²) < 4.78 is 0. The maximum Gasteiger partial charge on any atom is 0.304 e. The number of benzene rings is 1. The molecule has 2 rings (SSSR count). The monoisotopic (exact) mass is 294 g/mol. The number of carboxylic acid groups (broad SMARTS) is 1. The Morgan fingerprint density at radius 1 is 1.05 bits per heavy atom. The molecule has 1 aliphatic heterocycles. The highest BCUT2D eigenvalue weighted by molar-refractivity contribution is 5.95. The van der Waals surface area contributed by atoms with Crippen LogP contribution >= 0.6 is 0 Å². The van der Waals surface area contributed by atoms with Crippen LogP contribution in [0.25, 0.3) is 0 Å². The SMILES string of the molecule is O=C(O)CCN1CCN(C(=O)c2ccc(O)c(O)c2)CC1. The molecule has 0 aliphatic carbocycles. The first-order valence-electron chi connectivity index (χ1n) is 6.73. The Morgan fingerprint density at radius 2 is 1.71 bits per heavy atom. The molecule has 0 bridgehead atoms.